The minimum atomic E-state index is 0.0335. The number of nitrogens with one attached hydrogen (secondary N) is 1. The van der Waals surface area contributed by atoms with Crippen LogP contribution in [0, 0.1) is 6.92 Å². The van der Waals surface area contributed by atoms with Gasteiger partial charge in [-0.3, -0.25) is 0 Å². The molecule has 0 saturated heterocycles. The number of aromatic nitrogens is 2. The van der Waals surface area contributed by atoms with E-state index in [-0.39, 0.29) is 5.54 Å². The van der Waals surface area contributed by atoms with Crippen LogP contribution in [-0.4, -0.2) is 29.2 Å². The second kappa shape index (κ2) is 4.25. The summed E-state index contributed by atoms with van der Waals surface area (Å²) in [5, 5.41) is 3.40. The molecule has 1 aliphatic rings. The molecule has 0 unspecified atom stereocenters. The molecular formula is C11H18N4O. The van der Waals surface area contributed by atoms with Gasteiger partial charge in [0.2, 0.25) is 5.88 Å². The molecule has 88 valence electrons. The molecule has 1 aromatic heterocycles. The van der Waals surface area contributed by atoms with Crippen molar-refractivity contribution in [1.82, 2.24) is 9.97 Å². The van der Waals surface area contributed by atoms with Crippen molar-refractivity contribution in [3.63, 3.8) is 0 Å². The van der Waals surface area contributed by atoms with Gasteiger partial charge in [-0.15, -0.1) is 0 Å². The third-order valence-electron chi connectivity index (χ3n) is 3.12. The fourth-order valence-electron chi connectivity index (χ4n) is 1.96. The smallest absolute Gasteiger partial charge is 0.218 e. The molecule has 2 rings (SSSR count). The van der Waals surface area contributed by atoms with Crippen LogP contribution in [0.2, 0.25) is 0 Å². The third kappa shape index (κ3) is 2.09. The Hall–Kier alpha value is -1.36. The van der Waals surface area contributed by atoms with Crippen LogP contribution in [0.5, 0.6) is 5.88 Å². The molecule has 0 bridgehead atoms. The van der Waals surface area contributed by atoms with E-state index in [0.29, 0.717) is 18.2 Å². The lowest BCUT2D eigenvalue weighted by atomic mass is 9.77. The lowest BCUT2D eigenvalue weighted by Gasteiger charge is -2.42. The summed E-state index contributed by atoms with van der Waals surface area (Å²) in [4.78, 5) is 8.49. The Morgan fingerprint density at radius 2 is 2.25 bits per heavy atom. The van der Waals surface area contributed by atoms with Crippen LogP contribution in [-0.2, 0) is 0 Å². The van der Waals surface area contributed by atoms with Crippen molar-refractivity contribution < 1.29 is 4.74 Å². The number of anilines is 1. The van der Waals surface area contributed by atoms with Crippen molar-refractivity contribution in [2.75, 3.05) is 19.0 Å². The summed E-state index contributed by atoms with van der Waals surface area (Å²) < 4.78 is 5.11. The van der Waals surface area contributed by atoms with Gasteiger partial charge in [-0.25, -0.2) is 4.98 Å². The zero-order chi connectivity index (χ0) is 11.6. The summed E-state index contributed by atoms with van der Waals surface area (Å²) in [5.41, 5.74) is 5.82. The monoisotopic (exact) mass is 222 g/mol. The van der Waals surface area contributed by atoms with Gasteiger partial charge in [-0.1, -0.05) is 0 Å². The fraction of sp³-hybridized carbons (Fsp3) is 0.636. The first kappa shape index (κ1) is 11.1. The molecule has 5 heteroatoms. The quantitative estimate of drug-likeness (QED) is 0.797. The second-order valence-corrected chi connectivity index (χ2v) is 4.31. The first-order valence-electron chi connectivity index (χ1n) is 5.55. The summed E-state index contributed by atoms with van der Waals surface area (Å²) in [7, 11) is 1.60. The van der Waals surface area contributed by atoms with Crippen LogP contribution in [0.1, 0.15) is 25.1 Å². The summed E-state index contributed by atoms with van der Waals surface area (Å²) in [6.45, 7) is 2.49. The first-order chi connectivity index (χ1) is 7.67. The van der Waals surface area contributed by atoms with Crippen molar-refractivity contribution in [2.45, 2.75) is 31.7 Å². The normalized spacial score (nSPS) is 17.7. The minimum Gasteiger partial charge on any atom is -0.481 e. The number of methoxy groups -OCH3 is 1. The molecule has 1 heterocycles. The van der Waals surface area contributed by atoms with Crippen molar-refractivity contribution in [1.29, 1.82) is 0 Å². The summed E-state index contributed by atoms with van der Waals surface area (Å²) in [6.07, 6.45) is 3.44. The average molecular weight is 222 g/mol. The zero-order valence-electron chi connectivity index (χ0n) is 9.79. The van der Waals surface area contributed by atoms with Crippen LogP contribution in [0.25, 0.3) is 0 Å². The molecule has 1 saturated carbocycles. The average Bonchev–Trinajstić information content (AvgIpc) is 2.22. The molecule has 0 aromatic carbocycles. The molecule has 3 N–H and O–H groups in total. The Bertz CT molecular complexity index is 371. The Morgan fingerprint density at radius 1 is 1.50 bits per heavy atom. The van der Waals surface area contributed by atoms with E-state index in [4.69, 9.17) is 10.5 Å². The topological polar surface area (TPSA) is 73.1 Å². The number of ether oxygens (including phenoxy) is 1. The highest BCUT2D eigenvalue weighted by Gasteiger charge is 2.35. The maximum atomic E-state index is 5.79. The van der Waals surface area contributed by atoms with Gasteiger partial charge >= 0.3 is 0 Å². The van der Waals surface area contributed by atoms with Crippen molar-refractivity contribution >= 4 is 5.82 Å². The number of aryl methyl sites for hydroxylation is 1. The van der Waals surface area contributed by atoms with E-state index in [0.717, 1.165) is 18.7 Å². The summed E-state index contributed by atoms with van der Waals surface area (Å²) in [6, 6.07) is 1.81. The Morgan fingerprint density at radius 3 is 2.75 bits per heavy atom. The van der Waals surface area contributed by atoms with Gasteiger partial charge in [0, 0.05) is 12.6 Å². The first-order valence-corrected chi connectivity index (χ1v) is 5.55. The van der Waals surface area contributed by atoms with Gasteiger partial charge in [0.05, 0.1) is 12.6 Å². The maximum absolute atomic E-state index is 5.79. The highest BCUT2D eigenvalue weighted by Crippen LogP contribution is 2.34. The number of rotatable bonds is 4. The molecule has 0 aliphatic heterocycles. The summed E-state index contributed by atoms with van der Waals surface area (Å²) in [5.74, 6) is 2.09. The van der Waals surface area contributed by atoms with Crippen LogP contribution >= 0.6 is 0 Å². The van der Waals surface area contributed by atoms with Crippen molar-refractivity contribution in [3.8, 4) is 5.88 Å². The lowest BCUT2D eigenvalue weighted by Crippen LogP contribution is -2.51. The standard InChI is InChI=1S/C11H18N4O/c1-8-13-9(6-10(14-8)16-2)15-11(7-12)4-3-5-11/h6H,3-5,7,12H2,1-2H3,(H,13,14,15). The highest BCUT2D eigenvalue weighted by atomic mass is 16.5. The molecule has 0 radical (unpaired) electrons. The Kier molecular flexibility index (Phi) is 2.96. The van der Waals surface area contributed by atoms with Crippen LogP contribution < -0.4 is 15.8 Å². The molecule has 1 fully saturated rings. The van der Waals surface area contributed by atoms with E-state index in [1.165, 1.54) is 6.42 Å². The molecule has 0 amide bonds. The number of nitrogens with zero attached hydrogens (tertiary/aromatic N) is 2. The van der Waals surface area contributed by atoms with E-state index in [1.807, 2.05) is 13.0 Å². The Labute approximate surface area is 95.4 Å². The van der Waals surface area contributed by atoms with Crippen LogP contribution in [0.3, 0.4) is 0 Å². The minimum absolute atomic E-state index is 0.0335. The fourth-order valence-corrected chi connectivity index (χ4v) is 1.96. The van der Waals surface area contributed by atoms with Gasteiger partial charge in [0.25, 0.3) is 0 Å². The van der Waals surface area contributed by atoms with E-state index in [1.54, 1.807) is 7.11 Å². The van der Waals surface area contributed by atoms with E-state index < -0.39 is 0 Å². The molecule has 0 spiro atoms. The number of hydrogen-bond donors (Lipinski definition) is 2. The SMILES string of the molecule is COc1cc(NC2(CN)CCC2)nc(C)n1. The lowest BCUT2D eigenvalue weighted by molar-refractivity contribution is 0.286. The van der Waals surface area contributed by atoms with Gasteiger partial charge in [-0.05, 0) is 26.2 Å². The second-order valence-electron chi connectivity index (χ2n) is 4.31. The molecule has 5 nitrogen and oxygen atoms in total. The molecule has 1 aromatic rings. The predicted octanol–water partition coefficient (Wildman–Crippen LogP) is 1.09. The molecule has 1 aliphatic carbocycles. The molecular weight excluding hydrogens is 204 g/mol. The number of hydrogen-bond acceptors (Lipinski definition) is 5. The van der Waals surface area contributed by atoms with E-state index >= 15 is 0 Å². The van der Waals surface area contributed by atoms with E-state index in [2.05, 4.69) is 15.3 Å². The van der Waals surface area contributed by atoms with Crippen molar-refractivity contribution in [2.24, 2.45) is 5.73 Å². The Balaban J connectivity index is 2.17. The largest absolute Gasteiger partial charge is 0.481 e. The van der Waals surface area contributed by atoms with Gasteiger partial charge in [0.15, 0.2) is 0 Å². The zero-order valence-corrected chi connectivity index (χ0v) is 9.79. The highest BCUT2D eigenvalue weighted by molar-refractivity contribution is 5.42. The van der Waals surface area contributed by atoms with Crippen LogP contribution in [0.15, 0.2) is 6.07 Å². The maximum Gasteiger partial charge on any atom is 0.218 e. The van der Waals surface area contributed by atoms with Gasteiger partial charge in [0.1, 0.15) is 11.6 Å². The molecule has 0 atom stereocenters. The van der Waals surface area contributed by atoms with E-state index in [9.17, 15) is 0 Å². The molecule has 16 heavy (non-hydrogen) atoms. The third-order valence-corrected chi connectivity index (χ3v) is 3.12. The summed E-state index contributed by atoms with van der Waals surface area (Å²) >= 11 is 0. The number of nitrogens with two attached hydrogens (primary N) is 1. The van der Waals surface area contributed by atoms with Gasteiger partial charge in [-0.2, -0.15) is 4.98 Å². The van der Waals surface area contributed by atoms with Gasteiger partial charge < -0.3 is 15.8 Å². The predicted molar refractivity (Wildman–Crippen MR) is 62.6 cm³/mol. The van der Waals surface area contributed by atoms with Crippen molar-refractivity contribution in [3.05, 3.63) is 11.9 Å². The van der Waals surface area contributed by atoms with Crippen LogP contribution in [0.4, 0.5) is 5.82 Å².